The van der Waals surface area contributed by atoms with Gasteiger partial charge in [-0.25, -0.2) is 18.4 Å². The Morgan fingerprint density at radius 3 is 2.49 bits per heavy atom. The topological polar surface area (TPSA) is 129 Å². The molecular weight excluding hydrogens is 488 g/mol. The number of sulfonamides is 1. The molecule has 1 saturated carbocycles. The molecule has 1 amide bonds. The first-order chi connectivity index (χ1) is 16.7. The molecule has 0 spiro atoms. The molecular formula is C25H28N2O6S2. The van der Waals surface area contributed by atoms with Crippen LogP contribution in [-0.2, 0) is 25.3 Å². The number of para-hydroxylation sites is 1. The molecule has 2 aromatic carbocycles. The predicted octanol–water partition coefficient (Wildman–Crippen LogP) is 4.83. The highest BCUT2D eigenvalue weighted by Gasteiger charge is 2.27. The summed E-state index contributed by atoms with van der Waals surface area (Å²) in [6.45, 7) is 1.46. The lowest BCUT2D eigenvalue weighted by molar-refractivity contribution is -0.123. The molecule has 186 valence electrons. The summed E-state index contributed by atoms with van der Waals surface area (Å²) in [6, 6.07) is 12.9. The third-order valence-corrected chi connectivity index (χ3v) is 8.33. The average molecular weight is 517 g/mol. The van der Waals surface area contributed by atoms with E-state index in [-0.39, 0.29) is 10.7 Å². The molecule has 1 aliphatic rings. The summed E-state index contributed by atoms with van der Waals surface area (Å²) < 4.78 is 34.1. The second-order valence-electron chi connectivity index (χ2n) is 8.58. The number of furan rings is 1. The number of carbonyl (C=O) groups excluding carboxylic acids is 2. The largest absolute Gasteiger partial charge is 0.449 e. The molecule has 1 fully saturated rings. The number of primary sulfonamides is 1. The van der Waals surface area contributed by atoms with Gasteiger partial charge in [0.15, 0.2) is 6.10 Å². The molecule has 0 radical (unpaired) electrons. The molecule has 1 aliphatic carbocycles. The Bertz CT molecular complexity index is 1310. The highest BCUT2D eigenvalue weighted by Crippen LogP contribution is 2.35. The number of hydrogen-bond acceptors (Lipinski definition) is 7. The fourth-order valence-electron chi connectivity index (χ4n) is 4.08. The first-order valence-corrected chi connectivity index (χ1v) is 14.1. The maximum atomic E-state index is 13.0. The zero-order valence-corrected chi connectivity index (χ0v) is 21.0. The van der Waals surface area contributed by atoms with Crippen molar-refractivity contribution in [3.05, 3.63) is 59.9 Å². The summed E-state index contributed by atoms with van der Waals surface area (Å²) in [5.41, 5.74) is 1.73. The van der Waals surface area contributed by atoms with Crippen LogP contribution >= 0.6 is 11.8 Å². The van der Waals surface area contributed by atoms with E-state index in [0.29, 0.717) is 22.3 Å². The molecule has 1 atom stereocenters. The molecule has 1 aromatic heterocycles. The molecule has 0 bridgehead atoms. The predicted molar refractivity (Wildman–Crippen MR) is 136 cm³/mol. The van der Waals surface area contributed by atoms with Crippen LogP contribution in [0.1, 0.15) is 55.1 Å². The summed E-state index contributed by atoms with van der Waals surface area (Å²) in [7, 11) is -3.83. The van der Waals surface area contributed by atoms with E-state index in [1.807, 2.05) is 36.0 Å². The lowest BCUT2D eigenvalue weighted by atomic mass is 10.0. The van der Waals surface area contributed by atoms with Crippen LogP contribution in [-0.4, -0.2) is 31.6 Å². The molecule has 8 nitrogen and oxygen atoms in total. The SMILES string of the molecule is CC(OC(=O)c1oc2ccccc2c1CSC1CCCCC1)C(=O)Nc1ccc(S(N)(=O)=O)cc1. The number of hydrogen-bond donors (Lipinski definition) is 2. The molecule has 0 saturated heterocycles. The molecule has 3 N–H and O–H groups in total. The molecule has 3 aromatic rings. The van der Waals surface area contributed by atoms with E-state index in [2.05, 4.69) is 5.32 Å². The van der Waals surface area contributed by atoms with E-state index < -0.39 is 28.0 Å². The number of ether oxygens (including phenoxy) is 1. The van der Waals surface area contributed by atoms with Crippen molar-refractivity contribution in [1.82, 2.24) is 0 Å². The van der Waals surface area contributed by atoms with Crippen LogP contribution in [0.4, 0.5) is 5.69 Å². The Hall–Kier alpha value is -2.82. The average Bonchev–Trinajstić information content (AvgIpc) is 3.22. The van der Waals surface area contributed by atoms with Crippen molar-refractivity contribution in [2.45, 2.75) is 61.0 Å². The molecule has 1 unspecified atom stereocenters. The van der Waals surface area contributed by atoms with Gasteiger partial charge in [-0.1, -0.05) is 37.5 Å². The third-order valence-electron chi connectivity index (χ3n) is 6.00. The van der Waals surface area contributed by atoms with E-state index in [9.17, 15) is 18.0 Å². The number of benzene rings is 2. The lowest BCUT2D eigenvalue weighted by Crippen LogP contribution is -2.30. The first-order valence-electron chi connectivity index (χ1n) is 11.5. The van der Waals surface area contributed by atoms with Gasteiger partial charge in [0.2, 0.25) is 15.8 Å². The monoisotopic (exact) mass is 516 g/mol. The van der Waals surface area contributed by atoms with Gasteiger partial charge < -0.3 is 14.5 Å². The van der Waals surface area contributed by atoms with Gasteiger partial charge in [0, 0.05) is 27.6 Å². The number of thioether (sulfide) groups is 1. The van der Waals surface area contributed by atoms with E-state index in [1.165, 1.54) is 63.3 Å². The van der Waals surface area contributed by atoms with Gasteiger partial charge in [-0.2, -0.15) is 11.8 Å². The van der Waals surface area contributed by atoms with Crippen LogP contribution in [0.5, 0.6) is 0 Å². The minimum Gasteiger partial charge on any atom is -0.449 e. The minimum atomic E-state index is -3.83. The van der Waals surface area contributed by atoms with Crippen molar-refractivity contribution in [2.24, 2.45) is 5.14 Å². The minimum absolute atomic E-state index is 0.0708. The fraction of sp³-hybridized carbons (Fsp3) is 0.360. The Kier molecular flexibility index (Phi) is 7.83. The summed E-state index contributed by atoms with van der Waals surface area (Å²) >= 11 is 1.83. The zero-order chi connectivity index (χ0) is 25.0. The van der Waals surface area contributed by atoms with Crippen molar-refractivity contribution in [1.29, 1.82) is 0 Å². The number of nitrogens with one attached hydrogen (secondary N) is 1. The van der Waals surface area contributed by atoms with E-state index in [0.717, 1.165) is 10.9 Å². The normalized spacial score (nSPS) is 15.6. The van der Waals surface area contributed by atoms with E-state index in [1.54, 1.807) is 0 Å². The van der Waals surface area contributed by atoms with E-state index in [4.69, 9.17) is 14.3 Å². The van der Waals surface area contributed by atoms with Gasteiger partial charge in [-0.15, -0.1) is 0 Å². The fourth-order valence-corrected chi connectivity index (χ4v) is 5.95. The maximum Gasteiger partial charge on any atom is 0.375 e. The second-order valence-corrected chi connectivity index (χ2v) is 11.4. The van der Waals surface area contributed by atoms with Crippen molar-refractivity contribution in [2.75, 3.05) is 5.32 Å². The second kappa shape index (κ2) is 10.8. The Morgan fingerprint density at radius 1 is 1.11 bits per heavy atom. The number of carbonyl (C=O) groups is 2. The van der Waals surface area contributed by atoms with Gasteiger partial charge >= 0.3 is 5.97 Å². The van der Waals surface area contributed by atoms with Gasteiger partial charge in [0.1, 0.15) is 5.58 Å². The first kappa shape index (κ1) is 25.3. The number of nitrogens with two attached hydrogens (primary N) is 1. The summed E-state index contributed by atoms with van der Waals surface area (Å²) in [5.74, 6) is -0.515. The standard InChI is InChI=1S/C25H28N2O6S2/c1-16(24(28)27-17-11-13-19(14-12-17)35(26,30)31)32-25(29)23-21(15-34-18-7-3-2-4-8-18)20-9-5-6-10-22(20)33-23/h5-6,9-14,16,18H,2-4,7-8,15H2,1H3,(H,27,28)(H2,26,30,31). The van der Waals surface area contributed by atoms with Crippen molar-refractivity contribution < 1.29 is 27.2 Å². The van der Waals surface area contributed by atoms with Crippen LogP contribution in [0, 0.1) is 0 Å². The van der Waals surface area contributed by atoms with E-state index >= 15 is 0 Å². The molecule has 1 heterocycles. The molecule has 10 heteroatoms. The van der Waals surface area contributed by atoms with Gasteiger partial charge in [0.05, 0.1) is 4.90 Å². The summed E-state index contributed by atoms with van der Waals surface area (Å²) in [4.78, 5) is 25.5. The van der Waals surface area contributed by atoms with Gasteiger partial charge in [-0.05, 0) is 50.1 Å². The summed E-state index contributed by atoms with van der Waals surface area (Å²) in [5, 5.41) is 9.12. The lowest BCUT2D eigenvalue weighted by Gasteiger charge is -2.21. The van der Waals surface area contributed by atoms with Crippen LogP contribution in [0.3, 0.4) is 0 Å². The highest BCUT2D eigenvalue weighted by molar-refractivity contribution is 7.99. The number of esters is 1. The number of amides is 1. The van der Waals surface area contributed by atoms with Crippen molar-refractivity contribution in [3.63, 3.8) is 0 Å². The Morgan fingerprint density at radius 2 is 1.80 bits per heavy atom. The number of rotatable bonds is 8. The zero-order valence-electron chi connectivity index (χ0n) is 19.4. The Balaban J connectivity index is 1.45. The molecule has 35 heavy (non-hydrogen) atoms. The molecule has 0 aliphatic heterocycles. The Labute approximate surface area is 208 Å². The van der Waals surface area contributed by atoms with Crippen LogP contribution in [0.25, 0.3) is 11.0 Å². The van der Waals surface area contributed by atoms with Crippen LogP contribution in [0.2, 0.25) is 0 Å². The highest BCUT2D eigenvalue weighted by atomic mass is 32.2. The summed E-state index contributed by atoms with van der Waals surface area (Å²) in [6.07, 6.45) is 4.99. The number of fused-ring (bicyclic) bond motifs is 1. The van der Waals surface area contributed by atoms with Gasteiger partial charge in [-0.3, -0.25) is 4.79 Å². The molecule has 4 rings (SSSR count). The maximum absolute atomic E-state index is 13.0. The smallest absolute Gasteiger partial charge is 0.375 e. The van der Waals surface area contributed by atoms with Crippen molar-refractivity contribution >= 4 is 50.3 Å². The quantitative estimate of drug-likeness (QED) is 0.410. The van der Waals surface area contributed by atoms with Crippen molar-refractivity contribution in [3.8, 4) is 0 Å². The van der Waals surface area contributed by atoms with Crippen LogP contribution < -0.4 is 10.5 Å². The van der Waals surface area contributed by atoms with Crippen LogP contribution in [0.15, 0.2) is 57.8 Å². The third kappa shape index (κ3) is 6.25. The van der Waals surface area contributed by atoms with Gasteiger partial charge in [0.25, 0.3) is 5.91 Å². The number of anilines is 1.